The maximum absolute atomic E-state index is 4.36. The minimum atomic E-state index is 0.734. The molecule has 0 spiro atoms. The summed E-state index contributed by atoms with van der Waals surface area (Å²) in [5, 5.41) is 0. The number of aromatic amines is 1. The molecule has 1 N–H and O–H groups in total. The zero-order valence-corrected chi connectivity index (χ0v) is 7.20. The number of imidazole rings is 1. The second-order valence-corrected chi connectivity index (χ2v) is 3.56. The van der Waals surface area contributed by atoms with Gasteiger partial charge in [0.1, 0.15) is 5.82 Å². The Bertz CT molecular complexity index is 397. The molecule has 0 aliphatic heterocycles. The fourth-order valence-electron chi connectivity index (χ4n) is 1.49. The minimum absolute atomic E-state index is 0.734. The fraction of sp³-hybridized carbons (Fsp3) is 0.444. The van der Waals surface area contributed by atoms with Gasteiger partial charge in [-0.1, -0.05) is 0 Å². The average Bonchev–Trinajstić information content (AvgIpc) is 2.85. The second kappa shape index (κ2) is 2.52. The number of H-pyrrole nitrogens is 1. The van der Waals surface area contributed by atoms with Crippen LogP contribution in [0.2, 0.25) is 0 Å². The second-order valence-electron chi connectivity index (χ2n) is 3.56. The highest BCUT2D eigenvalue weighted by atomic mass is 15.0. The molecule has 1 fully saturated rings. The number of rotatable bonds is 2. The zero-order valence-electron chi connectivity index (χ0n) is 7.20. The van der Waals surface area contributed by atoms with Gasteiger partial charge in [0.05, 0.1) is 0 Å². The maximum atomic E-state index is 4.36. The van der Waals surface area contributed by atoms with Gasteiger partial charge >= 0.3 is 0 Å². The normalized spacial score (nSPS) is 16.6. The Balaban J connectivity index is 2.00. The quantitative estimate of drug-likeness (QED) is 0.746. The molecule has 0 amide bonds. The molecular formula is C9H10N4. The van der Waals surface area contributed by atoms with Crippen molar-refractivity contribution in [3.05, 3.63) is 18.2 Å². The summed E-state index contributed by atoms with van der Waals surface area (Å²) in [4.78, 5) is 15.8. The molecule has 2 aromatic heterocycles. The zero-order chi connectivity index (χ0) is 8.67. The first-order chi connectivity index (χ1) is 6.42. The van der Waals surface area contributed by atoms with Crippen molar-refractivity contribution in [2.24, 2.45) is 5.92 Å². The van der Waals surface area contributed by atoms with Crippen LogP contribution >= 0.6 is 0 Å². The standard InChI is InChI=1S/C9H10N4/c1-2-6(1)5-7-12-8-9(13-7)11-4-3-10-8/h3-4,6H,1-2,5H2,(H,10,11,12,13). The highest BCUT2D eigenvalue weighted by Gasteiger charge is 2.23. The van der Waals surface area contributed by atoms with E-state index in [0.717, 1.165) is 29.5 Å². The lowest BCUT2D eigenvalue weighted by molar-refractivity contribution is 0.786. The van der Waals surface area contributed by atoms with Gasteiger partial charge in [-0.15, -0.1) is 0 Å². The molecule has 66 valence electrons. The first kappa shape index (κ1) is 7.00. The van der Waals surface area contributed by atoms with Crippen LogP contribution in [0.3, 0.4) is 0 Å². The van der Waals surface area contributed by atoms with Gasteiger partial charge in [0.2, 0.25) is 0 Å². The molecule has 0 unspecified atom stereocenters. The third-order valence-electron chi connectivity index (χ3n) is 2.36. The van der Waals surface area contributed by atoms with Gasteiger partial charge in [0.25, 0.3) is 0 Å². The highest BCUT2D eigenvalue weighted by Crippen LogP contribution is 2.31. The van der Waals surface area contributed by atoms with E-state index in [2.05, 4.69) is 19.9 Å². The lowest BCUT2D eigenvalue weighted by atomic mass is 10.3. The van der Waals surface area contributed by atoms with Crippen LogP contribution in [0.15, 0.2) is 12.4 Å². The van der Waals surface area contributed by atoms with Crippen molar-refractivity contribution in [1.29, 1.82) is 0 Å². The van der Waals surface area contributed by atoms with Crippen molar-refractivity contribution in [2.45, 2.75) is 19.3 Å². The van der Waals surface area contributed by atoms with E-state index in [1.54, 1.807) is 12.4 Å². The van der Waals surface area contributed by atoms with E-state index in [4.69, 9.17) is 0 Å². The molecular weight excluding hydrogens is 164 g/mol. The number of nitrogens with zero attached hydrogens (tertiary/aromatic N) is 3. The molecule has 4 nitrogen and oxygen atoms in total. The Morgan fingerprint density at radius 3 is 2.92 bits per heavy atom. The first-order valence-electron chi connectivity index (χ1n) is 4.57. The van der Waals surface area contributed by atoms with Gasteiger partial charge in [-0.05, 0) is 18.8 Å². The fourth-order valence-corrected chi connectivity index (χ4v) is 1.49. The summed E-state index contributed by atoms with van der Waals surface area (Å²) in [6.07, 6.45) is 7.10. The average molecular weight is 174 g/mol. The monoisotopic (exact) mass is 174 g/mol. The molecule has 0 radical (unpaired) electrons. The number of fused-ring (bicyclic) bond motifs is 1. The smallest absolute Gasteiger partial charge is 0.197 e. The summed E-state index contributed by atoms with van der Waals surface area (Å²) in [6, 6.07) is 0. The summed E-state index contributed by atoms with van der Waals surface area (Å²) in [5.41, 5.74) is 1.54. The topological polar surface area (TPSA) is 54.5 Å². The van der Waals surface area contributed by atoms with E-state index in [9.17, 15) is 0 Å². The van der Waals surface area contributed by atoms with Crippen molar-refractivity contribution < 1.29 is 0 Å². The van der Waals surface area contributed by atoms with E-state index < -0.39 is 0 Å². The molecule has 1 aliphatic rings. The molecule has 0 atom stereocenters. The molecule has 0 saturated heterocycles. The Morgan fingerprint density at radius 2 is 2.15 bits per heavy atom. The van der Waals surface area contributed by atoms with Crippen LogP contribution in [0.25, 0.3) is 11.3 Å². The summed E-state index contributed by atoms with van der Waals surface area (Å²) in [7, 11) is 0. The van der Waals surface area contributed by atoms with Gasteiger partial charge in [0, 0.05) is 18.8 Å². The van der Waals surface area contributed by atoms with Crippen molar-refractivity contribution in [3.8, 4) is 0 Å². The predicted octanol–water partition coefficient (Wildman–Crippen LogP) is 1.31. The number of hydrogen-bond donors (Lipinski definition) is 1. The molecule has 0 bridgehead atoms. The number of nitrogens with one attached hydrogen (secondary N) is 1. The molecule has 0 aromatic carbocycles. The Labute approximate surface area is 75.4 Å². The number of aromatic nitrogens is 4. The van der Waals surface area contributed by atoms with E-state index in [1.807, 2.05) is 0 Å². The lowest BCUT2D eigenvalue weighted by Gasteiger charge is -1.88. The van der Waals surface area contributed by atoms with Crippen LogP contribution in [0.5, 0.6) is 0 Å². The third kappa shape index (κ3) is 1.28. The predicted molar refractivity (Wildman–Crippen MR) is 48.1 cm³/mol. The van der Waals surface area contributed by atoms with E-state index in [0.29, 0.717) is 0 Å². The van der Waals surface area contributed by atoms with Crippen LogP contribution in [-0.2, 0) is 6.42 Å². The third-order valence-corrected chi connectivity index (χ3v) is 2.36. The van der Waals surface area contributed by atoms with Crippen LogP contribution in [0.1, 0.15) is 18.7 Å². The van der Waals surface area contributed by atoms with Gasteiger partial charge in [-0.3, -0.25) is 0 Å². The summed E-state index contributed by atoms with van der Waals surface area (Å²) in [6.45, 7) is 0. The van der Waals surface area contributed by atoms with Crippen LogP contribution < -0.4 is 0 Å². The molecule has 1 saturated carbocycles. The molecule has 13 heavy (non-hydrogen) atoms. The molecule has 2 aromatic rings. The van der Waals surface area contributed by atoms with E-state index in [-0.39, 0.29) is 0 Å². The largest absolute Gasteiger partial charge is 0.325 e. The first-order valence-corrected chi connectivity index (χ1v) is 4.57. The Morgan fingerprint density at radius 1 is 1.31 bits per heavy atom. The molecule has 1 aliphatic carbocycles. The lowest BCUT2D eigenvalue weighted by Crippen LogP contribution is -1.88. The van der Waals surface area contributed by atoms with Crippen molar-refractivity contribution in [3.63, 3.8) is 0 Å². The Kier molecular flexibility index (Phi) is 1.36. The molecule has 4 heteroatoms. The van der Waals surface area contributed by atoms with Crippen molar-refractivity contribution in [2.75, 3.05) is 0 Å². The van der Waals surface area contributed by atoms with Crippen molar-refractivity contribution in [1.82, 2.24) is 19.9 Å². The molecule has 3 rings (SSSR count). The maximum Gasteiger partial charge on any atom is 0.197 e. The minimum Gasteiger partial charge on any atom is -0.325 e. The highest BCUT2D eigenvalue weighted by molar-refractivity contribution is 5.64. The van der Waals surface area contributed by atoms with Crippen LogP contribution in [0, 0.1) is 5.92 Å². The van der Waals surface area contributed by atoms with Gasteiger partial charge in [-0.2, -0.15) is 0 Å². The summed E-state index contributed by atoms with van der Waals surface area (Å²) >= 11 is 0. The van der Waals surface area contributed by atoms with Crippen LogP contribution in [0.4, 0.5) is 0 Å². The number of hydrogen-bond acceptors (Lipinski definition) is 3. The summed E-state index contributed by atoms with van der Waals surface area (Å²) < 4.78 is 0. The van der Waals surface area contributed by atoms with Crippen LogP contribution in [-0.4, -0.2) is 19.9 Å². The SMILES string of the molecule is c1cnc2[nH]c(CC3CC3)nc2n1. The van der Waals surface area contributed by atoms with Gasteiger partial charge < -0.3 is 4.98 Å². The molecule has 2 heterocycles. The van der Waals surface area contributed by atoms with Gasteiger partial charge in [0.15, 0.2) is 11.3 Å². The Hall–Kier alpha value is -1.45. The summed E-state index contributed by atoms with van der Waals surface area (Å²) in [5.74, 6) is 1.88. The van der Waals surface area contributed by atoms with Crippen molar-refractivity contribution >= 4 is 11.3 Å². The van der Waals surface area contributed by atoms with Gasteiger partial charge in [-0.25, -0.2) is 15.0 Å². The van der Waals surface area contributed by atoms with E-state index in [1.165, 1.54) is 12.8 Å². The van der Waals surface area contributed by atoms with E-state index >= 15 is 0 Å².